The lowest BCUT2D eigenvalue weighted by Crippen LogP contribution is -2.25. The monoisotopic (exact) mass is 140 g/mol. The van der Waals surface area contributed by atoms with E-state index in [-0.39, 0.29) is 0 Å². The fourth-order valence-corrected chi connectivity index (χ4v) is 1.36. The van der Waals surface area contributed by atoms with Crippen molar-refractivity contribution >= 4 is 5.97 Å². The van der Waals surface area contributed by atoms with Crippen LogP contribution in [0.1, 0.15) is 26.2 Å². The molecule has 0 aliphatic heterocycles. The van der Waals surface area contributed by atoms with Crippen LogP contribution in [0, 0.1) is 5.41 Å². The number of hydrogen-bond acceptors (Lipinski definition) is 1. The summed E-state index contributed by atoms with van der Waals surface area (Å²) in [5.74, 6) is -0.677. The molecule has 1 atom stereocenters. The van der Waals surface area contributed by atoms with Crippen LogP contribution in [0.5, 0.6) is 0 Å². The van der Waals surface area contributed by atoms with E-state index in [1.807, 2.05) is 19.1 Å². The maximum atomic E-state index is 10.7. The summed E-state index contributed by atoms with van der Waals surface area (Å²) < 4.78 is 0. The Balaban J connectivity index is 2.78. The molecule has 0 aromatic carbocycles. The summed E-state index contributed by atoms with van der Waals surface area (Å²) in [5.41, 5.74) is -0.528. The number of rotatable bonds is 2. The van der Waals surface area contributed by atoms with Crippen molar-refractivity contribution in [2.75, 3.05) is 0 Å². The fraction of sp³-hybridized carbons (Fsp3) is 0.625. The third-order valence-corrected chi connectivity index (χ3v) is 2.25. The lowest BCUT2D eigenvalue weighted by molar-refractivity contribution is -0.146. The van der Waals surface area contributed by atoms with Gasteiger partial charge < -0.3 is 5.11 Å². The first-order valence-electron chi connectivity index (χ1n) is 3.62. The minimum absolute atomic E-state index is 0.528. The van der Waals surface area contributed by atoms with E-state index in [1.54, 1.807) is 0 Å². The van der Waals surface area contributed by atoms with Crippen molar-refractivity contribution in [3.8, 4) is 0 Å². The zero-order valence-electron chi connectivity index (χ0n) is 6.13. The van der Waals surface area contributed by atoms with Gasteiger partial charge in [0.2, 0.25) is 0 Å². The molecule has 0 radical (unpaired) electrons. The normalized spacial score (nSPS) is 30.9. The molecule has 0 bridgehead atoms. The van der Waals surface area contributed by atoms with Crippen molar-refractivity contribution in [1.29, 1.82) is 0 Å². The van der Waals surface area contributed by atoms with E-state index in [0.717, 1.165) is 12.8 Å². The number of aliphatic carboxylic acids is 1. The minimum atomic E-state index is -0.677. The quantitative estimate of drug-likeness (QED) is 0.594. The van der Waals surface area contributed by atoms with Gasteiger partial charge in [-0.25, -0.2) is 0 Å². The van der Waals surface area contributed by atoms with Gasteiger partial charge in [-0.3, -0.25) is 4.79 Å². The predicted octanol–water partition coefficient (Wildman–Crippen LogP) is 1.82. The summed E-state index contributed by atoms with van der Waals surface area (Å²) >= 11 is 0. The number of carboxylic acid groups (broad SMARTS) is 1. The van der Waals surface area contributed by atoms with E-state index < -0.39 is 11.4 Å². The molecule has 2 heteroatoms. The summed E-state index contributed by atoms with van der Waals surface area (Å²) in [6.45, 7) is 1.92. The molecule has 56 valence electrons. The molecule has 0 saturated carbocycles. The molecule has 1 N–H and O–H groups in total. The van der Waals surface area contributed by atoms with Gasteiger partial charge in [0.1, 0.15) is 0 Å². The molecule has 1 aliphatic rings. The second kappa shape index (κ2) is 2.45. The smallest absolute Gasteiger partial charge is 0.313 e. The molecule has 0 aromatic heterocycles. The first-order chi connectivity index (χ1) is 4.71. The Morgan fingerprint density at radius 3 is 2.70 bits per heavy atom. The Morgan fingerprint density at radius 1 is 1.80 bits per heavy atom. The predicted molar refractivity (Wildman–Crippen MR) is 38.7 cm³/mol. The Kier molecular flexibility index (Phi) is 1.79. The molecular weight excluding hydrogens is 128 g/mol. The molecule has 1 aliphatic carbocycles. The Labute approximate surface area is 60.6 Å². The third-order valence-electron chi connectivity index (χ3n) is 2.25. The number of carboxylic acids is 1. The first-order valence-corrected chi connectivity index (χ1v) is 3.62. The average molecular weight is 140 g/mol. The molecule has 2 nitrogen and oxygen atoms in total. The van der Waals surface area contributed by atoms with E-state index in [1.165, 1.54) is 0 Å². The highest BCUT2D eigenvalue weighted by Crippen LogP contribution is 2.35. The van der Waals surface area contributed by atoms with Crippen LogP contribution >= 0.6 is 0 Å². The van der Waals surface area contributed by atoms with E-state index >= 15 is 0 Å². The maximum Gasteiger partial charge on any atom is 0.313 e. The summed E-state index contributed by atoms with van der Waals surface area (Å²) in [7, 11) is 0. The van der Waals surface area contributed by atoms with Crippen molar-refractivity contribution in [2.45, 2.75) is 26.2 Å². The third kappa shape index (κ3) is 0.939. The van der Waals surface area contributed by atoms with Gasteiger partial charge >= 0.3 is 5.97 Å². The zero-order valence-corrected chi connectivity index (χ0v) is 6.13. The molecule has 0 heterocycles. The average Bonchev–Trinajstić information content (AvgIpc) is 2.35. The van der Waals surface area contributed by atoms with Crippen LogP contribution in [0.2, 0.25) is 0 Å². The minimum Gasteiger partial charge on any atom is -0.481 e. The van der Waals surface area contributed by atoms with E-state index in [2.05, 4.69) is 0 Å². The molecule has 0 amide bonds. The highest BCUT2D eigenvalue weighted by molar-refractivity contribution is 5.77. The Morgan fingerprint density at radius 2 is 2.50 bits per heavy atom. The van der Waals surface area contributed by atoms with Gasteiger partial charge in [0.05, 0.1) is 5.41 Å². The summed E-state index contributed by atoms with van der Waals surface area (Å²) in [6.07, 6.45) is 6.19. The van der Waals surface area contributed by atoms with Crippen molar-refractivity contribution in [3.05, 3.63) is 12.2 Å². The second-order valence-corrected chi connectivity index (χ2v) is 2.76. The zero-order chi connectivity index (χ0) is 7.61. The topological polar surface area (TPSA) is 37.3 Å². The van der Waals surface area contributed by atoms with Crippen molar-refractivity contribution in [3.63, 3.8) is 0 Å². The SMILES string of the molecule is CC[C@]1(C(=O)O)C=CCC1. The number of allylic oxidation sites excluding steroid dienone is 1. The Hall–Kier alpha value is -0.790. The summed E-state index contributed by atoms with van der Waals surface area (Å²) in [4.78, 5) is 10.7. The van der Waals surface area contributed by atoms with Gasteiger partial charge in [0.15, 0.2) is 0 Å². The van der Waals surface area contributed by atoms with Gasteiger partial charge in [-0.1, -0.05) is 19.1 Å². The molecule has 1 rings (SSSR count). The largest absolute Gasteiger partial charge is 0.481 e. The summed E-state index contributed by atoms with van der Waals surface area (Å²) in [6, 6.07) is 0. The molecular formula is C8H12O2. The van der Waals surface area contributed by atoms with E-state index in [4.69, 9.17) is 5.11 Å². The second-order valence-electron chi connectivity index (χ2n) is 2.76. The lowest BCUT2D eigenvalue weighted by atomic mass is 9.85. The van der Waals surface area contributed by atoms with Crippen LogP contribution in [0.25, 0.3) is 0 Å². The van der Waals surface area contributed by atoms with Gasteiger partial charge in [-0.2, -0.15) is 0 Å². The number of carbonyl (C=O) groups is 1. The van der Waals surface area contributed by atoms with Crippen molar-refractivity contribution in [1.82, 2.24) is 0 Å². The van der Waals surface area contributed by atoms with Crippen molar-refractivity contribution < 1.29 is 9.90 Å². The van der Waals surface area contributed by atoms with Crippen LogP contribution in [0.4, 0.5) is 0 Å². The molecule has 0 fully saturated rings. The maximum absolute atomic E-state index is 10.7. The van der Waals surface area contributed by atoms with Crippen LogP contribution in [0.15, 0.2) is 12.2 Å². The molecule has 0 unspecified atom stereocenters. The van der Waals surface area contributed by atoms with Gasteiger partial charge in [0.25, 0.3) is 0 Å². The molecule has 0 saturated heterocycles. The first kappa shape index (κ1) is 7.32. The van der Waals surface area contributed by atoms with Crippen LogP contribution in [-0.4, -0.2) is 11.1 Å². The van der Waals surface area contributed by atoms with Crippen molar-refractivity contribution in [2.24, 2.45) is 5.41 Å². The van der Waals surface area contributed by atoms with Gasteiger partial charge in [-0.15, -0.1) is 0 Å². The fourth-order valence-electron chi connectivity index (χ4n) is 1.36. The van der Waals surface area contributed by atoms with Gasteiger partial charge in [0, 0.05) is 0 Å². The molecule has 10 heavy (non-hydrogen) atoms. The van der Waals surface area contributed by atoms with E-state index in [9.17, 15) is 4.79 Å². The number of hydrogen-bond donors (Lipinski definition) is 1. The van der Waals surface area contributed by atoms with Gasteiger partial charge in [-0.05, 0) is 19.3 Å². The van der Waals surface area contributed by atoms with Crippen LogP contribution in [0.3, 0.4) is 0 Å². The standard InChI is InChI=1S/C8H12O2/c1-2-8(7(9)10)5-3-4-6-8/h3,5H,2,4,6H2,1H3,(H,9,10)/t8-/m0/s1. The lowest BCUT2D eigenvalue weighted by Gasteiger charge is -2.18. The molecule has 0 spiro atoms. The molecule has 0 aromatic rings. The van der Waals surface area contributed by atoms with Crippen LogP contribution < -0.4 is 0 Å². The van der Waals surface area contributed by atoms with Crippen LogP contribution in [-0.2, 0) is 4.79 Å². The Bertz CT molecular complexity index is 172. The van der Waals surface area contributed by atoms with E-state index in [0.29, 0.717) is 6.42 Å². The highest BCUT2D eigenvalue weighted by atomic mass is 16.4. The summed E-state index contributed by atoms with van der Waals surface area (Å²) in [5, 5.41) is 8.81. The highest BCUT2D eigenvalue weighted by Gasteiger charge is 2.35.